The van der Waals surface area contributed by atoms with Crippen molar-refractivity contribution < 1.29 is 24.0 Å². The summed E-state index contributed by atoms with van der Waals surface area (Å²) >= 11 is 18.6. The number of hydrogen-bond acceptors (Lipinski definition) is 8. The largest absolute Gasteiger partial charge is 0.493 e. The standard InChI is InChI=1S/C25H17Cl2N3O6S2/c1-35-21-9-14(10-22-24(32)29(25(37)38-22)16-6-7-18(26)19(27)12-16)5-8-20(21)36-13-23(31)28-15-3-2-4-17(11-15)30(33)34/h2-12H,13H2,1H3,(H,28,31)/b22-10+. The molecule has 1 N–H and O–H groups in total. The lowest BCUT2D eigenvalue weighted by atomic mass is 10.2. The van der Waals surface area contributed by atoms with Gasteiger partial charge in [0.1, 0.15) is 0 Å². The second-order valence-electron chi connectivity index (χ2n) is 7.67. The van der Waals surface area contributed by atoms with Gasteiger partial charge in [0.25, 0.3) is 17.5 Å². The van der Waals surface area contributed by atoms with E-state index in [0.717, 1.165) is 11.8 Å². The fraction of sp³-hybridized carbons (Fsp3) is 0.0800. The van der Waals surface area contributed by atoms with Crippen LogP contribution in [0.15, 0.2) is 65.6 Å². The molecule has 0 radical (unpaired) electrons. The van der Waals surface area contributed by atoms with Gasteiger partial charge in [-0.2, -0.15) is 0 Å². The van der Waals surface area contributed by atoms with Crippen molar-refractivity contribution in [2.75, 3.05) is 23.9 Å². The number of amides is 2. The molecule has 9 nitrogen and oxygen atoms in total. The topological polar surface area (TPSA) is 111 Å². The number of nitro benzene ring substituents is 1. The first-order valence-corrected chi connectivity index (χ1v) is 12.7. The molecule has 0 bridgehead atoms. The van der Waals surface area contributed by atoms with Crippen LogP contribution in [0.3, 0.4) is 0 Å². The number of non-ortho nitro benzene ring substituents is 1. The third-order valence-corrected chi connectivity index (χ3v) is 7.18. The molecule has 1 aliphatic heterocycles. The fourth-order valence-corrected chi connectivity index (χ4v) is 4.99. The first-order valence-electron chi connectivity index (χ1n) is 10.7. The Bertz CT molecular complexity index is 1500. The normalized spacial score (nSPS) is 14.1. The van der Waals surface area contributed by atoms with E-state index in [-0.39, 0.29) is 23.9 Å². The SMILES string of the molecule is COc1cc(/C=C2/SC(=S)N(c3ccc(Cl)c(Cl)c3)C2=O)ccc1OCC(=O)Nc1cccc([N+](=O)[O-])c1. The summed E-state index contributed by atoms with van der Waals surface area (Å²) in [7, 11) is 1.44. The third-order valence-electron chi connectivity index (χ3n) is 5.14. The first-order chi connectivity index (χ1) is 18.2. The van der Waals surface area contributed by atoms with Gasteiger partial charge in [0, 0.05) is 17.8 Å². The van der Waals surface area contributed by atoms with E-state index in [1.807, 2.05) is 0 Å². The van der Waals surface area contributed by atoms with Crippen molar-refractivity contribution in [2.45, 2.75) is 0 Å². The molecule has 4 rings (SSSR count). The first kappa shape index (κ1) is 27.4. The van der Waals surface area contributed by atoms with Crippen LogP contribution in [-0.4, -0.2) is 34.8 Å². The number of nitrogens with one attached hydrogen (secondary N) is 1. The van der Waals surface area contributed by atoms with Crippen LogP contribution in [0.5, 0.6) is 11.5 Å². The fourth-order valence-electron chi connectivity index (χ4n) is 3.40. The van der Waals surface area contributed by atoms with Gasteiger partial charge in [0.2, 0.25) is 0 Å². The van der Waals surface area contributed by atoms with Crippen LogP contribution in [0, 0.1) is 10.1 Å². The molecule has 2 amide bonds. The lowest BCUT2D eigenvalue weighted by Gasteiger charge is -2.15. The highest BCUT2D eigenvalue weighted by atomic mass is 35.5. The van der Waals surface area contributed by atoms with Crippen LogP contribution in [0.2, 0.25) is 10.0 Å². The molecule has 1 aliphatic rings. The van der Waals surface area contributed by atoms with E-state index in [4.69, 9.17) is 44.9 Å². The number of thiocarbonyl (C=S) groups is 1. The summed E-state index contributed by atoms with van der Waals surface area (Å²) in [6, 6.07) is 15.3. The van der Waals surface area contributed by atoms with Gasteiger partial charge < -0.3 is 14.8 Å². The second kappa shape index (κ2) is 11.8. The molecular formula is C25H17Cl2N3O6S2. The van der Waals surface area contributed by atoms with E-state index in [0.29, 0.717) is 42.0 Å². The number of ether oxygens (including phenoxy) is 2. The zero-order valence-corrected chi connectivity index (χ0v) is 22.6. The number of anilines is 2. The lowest BCUT2D eigenvalue weighted by Crippen LogP contribution is -2.27. The minimum absolute atomic E-state index is 0.144. The summed E-state index contributed by atoms with van der Waals surface area (Å²) in [6.07, 6.45) is 1.66. The Balaban J connectivity index is 1.45. The number of nitrogens with zero attached hydrogens (tertiary/aromatic N) is 2. The minimum Gasteiger partial charge on any atom is -0.493 e. The summed E-state index contributed by atoms with van der Waals surface area (Å²) in [4.78, 5) is 37.5. The Hall–Kier alpha value is -3.64. The number of hydrogen-bond donors (Lipinski definition) is 1. The molecule has 1 saturated heterocycles. The zero-order valence-electron chi connectivity index (χ0n) is 19.5. The average molecular weight is 590 g/mol. The smallest absolute Gasteiger partial charge is 0.271 e. The predicted molar refractivity (Wildman–Crippen MR) is 152 cm³/mol. The van der Waals surface area contributed by atoms with E-state index >= 15 is 0 Å². The van der Waals surface area contributed by atoms with Gasteiger partial charge in [-0.15, -0.1) is 0 Å². The molecule has 1 fully saturated rings. The minimum atomic E-state index is -0.552. The van der Waals surface area contributed by atoms with Gasteiger partial charge in [-0.3, -0.25) is 24.6 Å². The molecule has 3 aromatic rings. The molecule has 0 atom stereocenters. The summed E-state index contributed by atoms with van der Waals surface area (Å²) in [5.74, 6) is -0.192. The van der Waals surface area contributed by atoms with Gasteiger partial charge in [0.05, 0.1) is 32.7 Å². The number of benzene rings is 3. The monoisotopic (exact) mass is 589 g/mol. The summed E-state index contributed by atoms with van der Waals surface area (Å²) in [5.41, 5.74) is 1.28. The van der Waals surface area contributed by atoms with Crippen LogP contribution in [-0.2, 0) is 9.59 Å². The highest BCUT2D eigenvalue weighted by Gasteiger charge is 2.33. The Labute approximate surface area is 236 Å². The van der Waals surface area contributed by atoms with Crippen molar-refractivity contribution in [3.63, 3.8) is 0 Å². The molecular weight excluding hydrogens is 573 g/mol. The number of halogens is 2. The van der Waals surface area contributed by atoms with E-state index in [2.05, 4.69) is 5.32 Å². The van der Waals surface area contributed by atoms with Gasteiger partial charge in [-0.1, -0.05) is 59.3 Å². The summed E-state index contributed by atoms with van der Waals surface area (Å²) in [5, 5.41) is 14.1. The van der Waals surface area contributed by atoms with Gasteiger partial charge >= 0.3 is 0 Å². The molecule has 0 aromatic heterocycles. The number of carbonyl (C=O) groups is 2. The zero-order chi connectivity index (χ0) is 27.4. The maximum Gasteiger partial charge on any atom is 0.271 e. The highest BCUT2D eigenvalue weighted by molar-refractivity contribution is 8.27. The van der Waals surface area contributed by atoms with Gasteiger partial charge in [-0.05, 0) is 48.0 Å². The van der Waals surface area contributed by atoms with Crippen molar-refractivity contribution in [1.82, 2.24) is 0 Å². The Kier molecular flexibility index (Phi) is 8.52. The molecule has 13 heteroatoms. The van der Waals surface area contributed by atoms with Crippen molar-refractivity contribution >= 4 is 86.5 Å². The number of rotatable bonds is 8. The third kappa shape index (κ3) is 6.25. The Morgan fingerprint density at radius 2 is 1.92 bits per heavy atom. The number of carbonyl (C=O) groups excluding carboxylic acids is 2. The molecule has 3 aromatic carbocycles. The van der Waals surface area contributed by atoms with Gasteiger partial charge in [0.15, 0.2) is 22.4 Å². The van der Waals surface area contributed by atoms with Crippen LogP contribution in [0.25, 0.3) is 6.08 Å². The number of nitro groups is 1. The number of methoxy groups -OCH3 is 1. The van der Waals surface area contributed by atoms with Crippen molar-refractivity contribution in [2.24, 2.45) is 0 Å². The van der Waals surface area contributed by atoms with Crippen LogP contribution in [0.4, 0.5) is 17.1 Å². The van der Waals surface area contributed by atoms with E-state index in [9.17, 15) is 19.7 Å². The van der Waals surface area contributed by atoms with Crippen molar-refractivity contribution in [1.29, 1.82) is 0 Å². The molecule has 38 heavy (non-hydrogen) atoms. The van der Waals surface area contributed by atoms with Crippen LogP contribution < -0.4 is 19.7 Å². The van der Waals surface area contributed by atoms with Gasteiger partial charge in [-0.25, -0.2) is 0 Å². The van der Waals surface area contributed by atoms with Crippen molar-refractivity contribution in [3.05, 3.63) is 91.3 Å². The van der Waals surface area contributed by atoms with Crippen LogP contribution >= 0.6 is 47.2 Å². The highest BCUT2D eigenvalue weighted by Crippen LogP contribution is 2.38. The summed E-state index contributed by atoms with van der Waals surface area (Å²) < 4.78 is 11.3. The molecule has 0 aliphatic carbocycles. The lowest BCUT2D eigenvalue weighted by molar-refractivity contribution is -0.384. The summed E-state index contributed by atoms with van der Waals surface area (Å²) in [6.45, 7) is -0.360. The molecule has 0 spiro atoms. The molecule has 0 saturated carbocycles. The van der Waals surface area contributed by atoms with E-state index < -0.39 is 10.8 Å². The maximum absolute atomic E-state index is 13.1. The quantitative estimate of drug-likeness (QED) is 0.140. The number of thioether (sulfide) groups is 1. The molecule has 0 unspecified atom stereocenters. The maximum atomic E-state index is 13.1. The van der Waals surface area contributed by atoms with E-state index in [1.54, 1.807) is 42.5 Å². The second-order valence-corrected chi connectivity index (χ2v) is 10.2. The Morgan fingerprint density at radius 3 is 2.63 bits per heavy atom. The predicted octanol–water partition coefficient (Wildman–Crippen LogP) is 6.33. The molecule has 194 valence electrons. The van der Waals surface area contributed by atoms with E-state index in [1.165, 1.54) is 36.3 Å². The van der Waals surface area contributed by atoms with Crippen molar-refractivity contribution in [3.8, 4) is 11.5 Å². The molecule has 1 heterocycles. The van der Waals surface area contributed by atoms with Crippen LogP contribution in [0.1, 0.15) is 5.56 Å². The average Bonchev–Trinajstić information content (AvgIpc) is 3.17. The Morgan fingerprint density at radius 1 is 1.13 bits per heavy atom.